The highest BCUT2D eigenvalue weighted by molar-refractivity contribution is 4.98. The Morgan fingerprint density at radius 1 is 1.21 bits per heavy atom. The van der Waals surface area contributed by atoms with E-state index < -0.39 is 0 Å². The van der Waals surface area contributed by atoms with Crippen LogP contribution in [0.1, 0.15) is 45.4 Å². The number of nitrogens with two attached hydrogens (primary N) is 1. The first-order valence-electron chi connectivity index (χ1n) is 6.24. The van der Waals surface area contributed by atoms with Crippen molar-refractivity contribution in [1.29, 1.82) is 0 Å². The normalized spacial score (nSPS) is 28.7. The lowest BCUT2D eigenvalue weighted by Crippen LogP contribution is -2.61. The molecule has 1 aliphatic carbocycles. The van der Waals surface area contributed by atoms with Gasteiger partial charge in [0.05, 0.1) is 0 Å². The Morgan fingerprint density at radius 3 is 2.36 bits per heavy atom. The molecule has 2 N–H and O–H groups in total. The molecule has 14 heavy (non-hydrogen) atoms. The molecule has 1 saturated heterocycles. The summed E-state index contributed by atoms with van der Waals surface area (Å²) in [7, 11) is 0. The molecule has 2 rings (SSSR count). The smallest absolute Gasteiger partial charge is 0.0216 e. The topological polar surface area (TPSA) is 29.3 Å². The van der Waals surface area contributed by atoms with Gasteiger partial charge in [0.1, 0.15) is 0 Å². The molecular formula is C12H24N2. The van der Waals surface area contributed by atoms with Gasteiger partial charge in [-0.2, -0.15) is 0 Å². The molecule has 0 bridgehead atoms. The molecule has 0 aromatic heterocycles. The third kappa shape index (κ3) is 1.82. The molecule has 1 heterocycles. The van der Waals surface area contributed by atoms with Crippen LogP contribution in [0, 0.1) is 5.41 Å². The zero-order chi connectivity index (χ0) is 10.0. The highest BCUT2D eigenvalue weighted by atomic mass is 15.2. The van der Waals surface area contributed by atoms with E-state index in [9.17, 15) is 0 Å². The van der Waals surface area contributed by atoms with E-state index in [1.807, 2.05) is 0 Å². The predicted octanol–water partition coefficient (Wildman–Crippen LogP) is 1.99. The van der Waals surface area contributed by atoms with Crippen molar-refractivity contribution in [2.24, 2.45) is 11.1 Å². The lowest BCUT2D eigenvalue weighted by atomic mass is 9.68. The van der Waals surface area contributed by atoms with Gasteiger partial charge < -0.3 is 5.73 Å². The fraction of sp³-hybridized carbons (Fsp3) is 1.00. The minimum atomic E-state index is 0.655. The largest absolute Gasteiger partial charge is 0.329 e. The lowest BCUT2D eigenvalue weighted by molar-refractivity contribution is -0.0534. The summed E-state index contributed by atoms with van der Waals surface area (Å²) < 4.78 is 0. The van der Waals surface area contributed by atoms with E-state index >= 15 is 0 Å². The molecule has 1 atom stereocenters. The summed E-state index contributed by atoms with van der Waals surface area (Å²) >= 11 is 0. The molecule has 82 valence electrons. The summed E-state index contributed by atoms with van der Waals surface area (Å²) in [5.41, 5.74) is 6.49. The molecule has 1 spiro atoms. The van der Waals surface area contributed by atoms with Crippen LogP contribution in [0.25, 0.3) is 0 Å². The third-order valence-electron chi connectivity index (χ3n) is 4.25. The van der Waals surface area contributed by atoms with E-state index in [2.05, 4.69) is 11.8 Å². The van der Waals surface area contributed by atoms with Crippen molar-refractivity contribution in [3.63, 3.8) is 0 Å². The van der Waals surface area contributed by atoms with Crippen LogP contribution in [0.3, 0.4) is 0 Å². The Balaban J connectivity index is 1.82. The maximum Gasteiger partial charge on any atom is 0.0216 e. The monoisotopic (exact) mass is 196 g/mol. The quantitative estimate of drug-likeness (QED) is 0.748. The second-order valence-corrected chi connectivity index (χ2v) is 5.26. The highest BCUT2D eigenvalue weighted by Gasteiger charge is 2.44. The van der Waals surface area contributed by atoms with Crippen molar-refractivity contribution >= 4 is 0 Å². The predicted molar refractivity (Wildman–Crippen MR) is 60.2 cm³/mol. The SMILES string of the molecule is CCC(CN)N1CC2(CCCCC2)C1. The van der Waals surface area contributed by atoms with Gasteiger partial charge in [0.25, 0.3) is 0 Å². The minimum absolute atomic E-state index is 0.655. The summed E-state index contributed by atoms with van der Waals surface area (Å²) in [6, 6.07) is 0.655. The van der Waals surface area contributed by atoms with Crippen LogP contribution in [0.4, 0.5) is 0 Å². The molecule has 0 aromatic carbocycles. The Labute approximate surface area is 87.8 Å². The molecule has 1 saturated carbocycles. The molecule has 0 amide bonds. The van der Waals surface area contributed by atoms with Crippen molar-refractivity contribution in [1.82, 2.24) is 4.90 Å². The fourth-order valence-electron chi connectivity index (χ4n) is 3.27. The molecule has 2 aliphatic rings. The zero-order valence-electron chi connectivity index (χ0n) is 9.47. The number of nitrogens with zero attached hydrogens (tertiary/aromatic N) is 1. The van der Waals surface area contributed by atoms with E-state index in [1.165, 1.54) is 51.6 Å². The average Bonchev–Trinajstić information content (AvgIpc) is 2.19. The second-order valence-electron chi connectivity index (χ2n) is 5.26. The Bertz CT molecular complexity index is 173. The zero-order valence-corrected chi connectivity index (χ0v) is 9.47. The molecular weight excluding hydrogens is 172 g/mol. The maximum absolute atomic E-state index is 5.77. The van der Waals surface area contributed by atoms with Crippen molar-refractivity contribution in [2.45, 2.75) is 51.5 Å². The van der Waals surface area contributed by atoms with Gasteiger partial charge in [-0.15, -0.1) is 0 Å². The summed E-state index contributed by atoms with van der Waals surface area (Å²) in [6.45, 7) is 5.77. The molecule has 0 aromatic rings. The van der Waals surface area contributed by atoms with Gasteiger partial charge in [-0.3, -0.25) is 4.90 Å². The lowest BCUT2D eigenvalue weighted by Gasteiger charge is -2.55. The number of hydrogen-bond acceptors (Lipinski definition) is 2. The van der Waals surface area contributed by atoms with Gasteiger partial charge in [0.15, 0.2) is 0 Å². The van der Waals surface area contributed by atoms with Crippen LogP contribution >= 0.6 is 0 Å². The highest BCUT2D eigenvalue weighted by Crippen LogP contribution is 2.44. The van der Waals surface area contributed by atoms with Gasteiger partial charge in [0, 0.05) is 25.7 Å². The van der Waals surface area contributed by atoms with Crippen LogP contribution in [-0.4, -0.2) is 30.6 Å². The van der Waals surface area contributed by atoms with Crippen LogP contribution in [0.15, 0.2) is 0 Å². The summed E-state index contributed by atoms with van der Waals surface area (Å²) in [6.07, 6.45) is 8.57. The first-order chi connectivity index (χ1) is 6.79. The number of hydrogen-bond donors (Lipinski definition) is 1. The fourth-order valence-corrected chi connectivity index (χ4v) is 3.27. The van der Waals surface area contributed by atoms with E-state index in [-0.39, 0.29) is 0 Å². The second kappa shape index (κ2) is 4.19. The van der Waals surface area contributed by atoms with Crippen molar-refractivity contribution in [3.8, 4) is 0 Å². The van der Waals surface area contributed by atoms with Crippen molar-refractivity contribution in [2.75, 3.05) is 19.6 Å². The van der Waals surface area contributed by atoms with Gasteiger partial charge in [-0.05, 0) is 24.7 Å². The van der Waals surface area contributed by atoms with Gasteiger partial charge in [0.2, 0.25) is 0 Å². The van der Waals surface area contributed by atoms with E-state index in [4.69, 9.17) is 5.73 Å². The molecule has 1 aliphatic heterocycles. The molecule has 2 fully saturated rings. The average molecular weight is 196 g/mol. The van der Waals surface area contributed by atoms with Gasteiger partial charge >= 0.3 is 0 Å². The van der Waals surface area contributed by atoms with E-state index in [0.717, 1.165) is 12.0 Å². The number of rotatable bonds is 3. The maximum atomic E-state index is 5.77. The number of likely N-dealkylation sites (tertiary alicyclic amines) is 1. The Kier molecular flexibility index (Phi) is 3.13. The van der Waals surface area contributed by atoms with Crippen LogP contribution in [-0.2, 0) is 0 Å². The van der Waals surface area contributed by atoms with E-state index in [1.54, 1.807) is 0 Å². The molecule has 1 unspecified atom stereocenters. The minimum Gasteiger partial charge on any atom is -0.329 e. The van der Waals surface area contributed by atoms with E-state index in [0.29, 0.717) is 6.04 Å². The first-order valence-corrected chi connectivity index (χ1v) is 6.24. The third-order valence-corrected chi connectivity index (χ3v) is 4.25. The van der Waals surface area contributed by atoms with Crippen molar-refractivity contribution < 1.29 is 0 Å². The van der Waals surface area contributed by atoms with Gasteiger partial charge in [-0.1, -0.05) is 26.2 Å². The molecule has 2 heteroatoms. The summed E-state index contributed by atoms with van der Waals surface area (Å²) in [5, 5.41) is 0. The molecule has 2 nitrogen and oxygen atoms in total. The first kappa shape index (κ1) is 10.4. The van der Waals surface area contributed by atoms with Gasteiger partial charge in [-0.25, -0.2) is 0 Å². The summed E-state index contributed by atoms with van der Waals surface area (Å²) in [4.78, 5) is 2.60. The summed E-state index contributed by atoms with van der Waals surface area (Å²) in [5.74, 6) is 0. The van der Waals surface area contributed by atoms with Crippen LogP contribution in [0.2, 0.25) is 0 Å². The van der Waals surface area contributed by atoms with Crippen molar-refractivity contribution in [3.05, 3.63) is 0 Å². The Hall–Kier alpha value is -0.0800. The standard InChI is InChI=1S/C12H24N2/c1-2-11(8-13)14-9-12(10-14)6-4-3-5-7-12/h11H,2-10,13H2,1H3. The van der Waals surface area contributed by atoms with Crippen LogP contribution < -0.4 is 5.73 Å². The Morgan fingerprint density at radius 2 is 1.86 bits per heavy atom. The molecule has 0 radical (unpaired) electrons. The van der Waals surface area contributed by atoms with Crippen LogP contribution in [0.5, 0.6) is 0 Å².